The Morgan fingerprint density at radius 3 is 1.83 bits per heavy atom. The van der Waals surface area contributed by atoms with Gasteiger partial charge in [-0.15, -0.1) is 0 Å². The van der Waals surface area contributed by atoms with Crippen LogP contribution in [0.25, 0.3) is 77.0 Å². The van der Waals surface area contributed by atoms with Crippen molar-refractivity contribution in [2.75, 3.05) is 4.90 Å². The Kier molecular flexibility index (Phi) is 5.57. The molecule has 8 aromatic carbocycles. The van der Waals surface area contributed by atoms with Crippen LogP contribution in [0.2, 0.25) is 0 Å². The molecule has 0 radical (unpaired) electrons. The monoisotopic (exact) mass is 597 g/mol. The molecule has 0 atom stereocenters. The minimum absolute atomic E-state index is 0.889. The van der Waals surface area contributed by atoms with Crippen LogP contribution < -0.4 is 4.90 Å². The van der Waals surface area contributed by atoms with E-state index in [2.05, 4.69) is 138 Å². The summed E-state index contributed by atoms with van der Waals surface area (Å²) in [4.78, 5) is 12.8. The zero-order valence-electron chi connectivity index (χ0n) is 25.4. The molecule has 1 aliphatic heterocycles. The van der Waals surface area contributed by atoms with Crippen molar-refractivity contribution in [3.05, 3.63) is 164 Å². The van der Waals surface area contributed by atoms with Gasteiger partial charge in [0.15, 0.2) is 0 Å². The number of hydrogen-bond donors (Lipinski definition) is 0. The maximum absolute atomic E-state index is 5.22. The topological polar surface area (TPSA) is 29.0 Å². The van der Waals surface area contributed by atoms with Crippen molar-refractivity contribution in [2.45, 2.75) is 0 Å². The lowest BCUT2D eigenvalue weighted by atomic mass is 9.89. The molecule has 9 aromatic rings. The highest BCUT2D eigenvalue weighted by Crippen LogP contribution is 2.52. The molecule has 0 fully saturated rings. The van der Waals surface area contributed by atoms with E-state index in [1.807, 2.05) is 30.3 Å². The molecular formula is C44H27N3. The van der Waals surface area contributed by atoms with Gasteiger partial charge in [0.2, 0.25) is 0 Å². The Morgan fingerprint density at radius 1 is 0.383 bits per heavy atom. The number of anilines is 3. The number of nitrogens with zero attached hydrogens (tertiary/aromatic N) is 3. The van der Waals surface area contributed by atoms with Crippen LogP contribution in [0.3, 0.4) is 0 Å². The fourth-order valence-electron chi connectivity index (χ4n) is 7.37. The maximum Gasteiger partial charge on any atom is 0.0979 e. The number of benzene rings is 8. The number of aromatic nitrogens is 2. The van der Waals surface area contributed by atoms with E-state index >= 15 is 0 Å². The molecule has 0 N–H and O–H groups in total. The lowest BCUT2D eigenvalue weighted by Crippen LogP contribution is -2.15. The number of rotatable bonds is 3. The fourth-order valence-corrected chi connectivity index (χ4v) is 7.37. The van der Waals surface area contributed by atoms with Crippen molar-refractivity contribution in [3.8, 4) is 33.6 Å². The summed E-state index contributed by atoms with van der Waals surface area (Å²) in [5, 5.41) is 7.31. The first kappa shape index (κ1) is 26.0. The van der Waals surface area contributed by atoms with Crippen LogP contribution in [0.1, 0.15) is 0 Å². The molecule has 0 amide bonds. The minimum Gasteiger partial charge on any atom is -0.309 e. The molecule has 47 heavy (non-hydrogen) atoms. The lowest BCUT2D eigenvalue weighted by molar-refractivity contribution is 1.29. The van der Waals surface area contributed by atoms with Crippen molar-refractivity contribution in [1.29, 1.82) is 0 Å². The second-order valence-corrected chi connectivity index (χ2v) is 12.2. The predicted octanol–water partition coefficient (Wildman–Crippen LogP) is 11.9. The third-order valence-corrected chi connectivity index (χ3v) is 9.51. The van der Waals surface area contributed by atoms with Crippen molar-refractivity contribution < 1.29 is 0 Å². The average molecular weight is 598 g/mol. The van der Waals surface area contributed by atoms with E-state index < -0.39 is 0 Å². The highest BCUT2D eigenvalue weighted by Gasteiger charge is 2.27. The summed E-state index contributed by atoms with van der Waals surface area (Å²) >= 11 is 0. The summed E-state index contributed by atoms with van der Waals surface area (Å²) < 4.78 is 0. The zero-order chi connectivity index (χ0) is 30.9. The molecule has 0 spiro atoms. The van der Waals surface area contributed by atoms with Gasteiger partial charge in [-0.2, -0.15) is 0 Å². The molecule has 0 unspecified atom stereocenters. The molecule has 0 bridgehead atoms. The number of para-hydroxylation sites is 2. The molecule has 1 aliphatic rings. The van der Waals surface area contributed by atoms with Crippen molar-refractivity contribution in [2.24, 2.45) is 0 Å². The van der Waals surface area contributed by atoms with E-state index in [0.717, 1.165) is 50.0 Å². The minimum atomic E-state index is 0.889. The summed E-state index contributed by atoms with van der Waals surface area (Å²) in [6, 6.07) is 58.5. The molecular weight excluding hydrogens is 571 g/mol. The van der Waals surface area contributed by atoms with Crippen LogP contribution in [0.5, 0.6) is 0 Å². The van der Waals surface area contributed by atoms with Crippen molar-refractivity contribution in [3.63, 3.8) is 0 Å². The van der Waals surface area contributed by atoms with E-state index in [-0.39, 0.29) is 0 Å². The first-order chi connectivity index (χ1) is 23.3. The van der Waals surface area contributed by atoms with Crippen LogP contribution in [0.4, 0.5) is 17.1 Å². The molecule has 0 saturated heterocycles. The van der Waals surface area contributed by atoms with Gasteiger partial charge in [0.25, 0.3) is 0 Å². The Labute approximate surface area is 272 Å². The number of fused-ring (bicyclic) bond motifs is 5. The van der Waals surface area contributed by atoms with Crippen LogP contribution in [-0.2, 0) is 0 Å². The summed E-state index contributed by atoms with van der Waals surface area (Å²) in [6.45, 7) is 0. The highest BCUT2D eigenvalue weighted by atomic mass is 15.2. The lowest BCUT2D eigenvalue weighted by Gasteiger charge is -2.34. The van der Waals surface area contributed by atoms with Gasteiger partial charge >= 0.3 is 0 Å². The summed E-state index contributed by atoms with van der Waals surface area (Å²) in [5.41, 5.74) is 11.7. The van der Waals surface area contributed by atoms with Gasteiger partial charge in [0.05, 0.1) is 33.8 Å². The Hall–Kier alpha value is -6.32. The van der Waals surface area contributed by atoms with Crippen LogP contribution in [-0.4, -0.2) is 9.97 Å². The van der Waals surface area contributed by atoms with E-state index in [1.54, 1.807) is 0 Å². The predicted molar refractivity (Wildman–Crippen MR) is 197 cm³/mol. The molecule has 3 heteroatoms. The summed E-state index contributed by atoms with van der Waals surface area (Å²) in [6.07, 6.45) is 0. The number of hydrogen-bond acceptors (Lipinski definition) is 3. The third kappa shape index (κ3) is 4.00. The first-order valence-corrected chi connectivity index (χ1v) is 16.0. The molecule has 2 heterocycles. The van der Waals surface area contributed by atoms with Crippen molar-refractivity contribution >= 4 is 60.4 Å². The van der Waals surface area contributed by atoms with Crippen LogP contribution in [0, 0.1) is 0 Å². The summed E-state index contributed by atoms with van der Waals surface area (Å²) in [7, 11) is 0. The average Bonchev–Trinajstić information content (AvgIpc) is 3.14. The Bertz CT molecular complexity index is 2690. The Balaban J connectivity index is 1.21. The van der Waals surface area contributed by atoms with E-state index in [0.29, 0.717) is 0 Å². The second kappa shape index (κ2) is 10.1. The third-order valence-electron chi connectivity index (χ3n) is 9.51. The van der Waals surface area contributed by atoms with Gasteiger partial charge < -0.3 is 4.90 Å². The summed E-state index contributed by atoms with van der Waals surface area (Å²) in [5.74, 6) is 0. The van der Waals surface area contributed by atoms with Gasteiger partial charge in [-0.1, -0.05) is 121 Å². The SMILES string of the molecule is c1ccc(-c2nc3ccccc3nc2-c2cccc3cc(N4c5cc6ccccc6cc5-c5cccc6cccc4c56)ccc23)cc1. The molecule has 0 saturated carbocycles. The van der Waals surface area contributed by atoms with Crippen molar-refractivity contribution in [1.82, 2.24) is 9.97 Å². The fraction of sp³-hybridized carbons (Fsp3) is 0. The maximum atomic E-state index is 5.22. The molecule has 10 rings (SSSR count). The second-order valence-electron chi connectivity index (χ2n) is 12.2. The standard InChI is InChI=1S/C44H27N3/c1-2-11-29(12-3-1)43-44(46-39-21-7-6-20-38(39)45-43)36-19-9-17-32-25-33(23-24-34(32)36)47-40-22-10-16-28-15-8-18-35(42(28)40)37-26-30-13-4-5-14-31(30)27-41(37)47/h1-27H. The van der Waals surface area contributed by atoms with Crippen LogP contribution >= 0.6 is 0 Å². The van der Waals surface area contributed by atoms with Gasteiger partial charge in [0.1, 0.15) is 0 Å². The first-order valence-electron chi connectivity index (χ1n) is 16.0. The quantitative estimate of drug-likeness (QED) is 0.203. The van der Waals surface area contributed by atoms with E-state index in [9.17, 15) is 0 Å². The molecule has 0 aliphatic carbocycles. The zero-order valence-corrected chi connectivity index (χ0v) is 25.4. The largest absolute Gasteiger partial charge is 0.309 e. The highest BCUT2D eigenvalue weighted by molar-refractivity contribution is 6.16. The normalized spacial score (nSPS) is 12.2. The smallest absolute Gasteiger partial charge is 0.0979 e. The molecule has 1 aromatic heterocycles. The van der Waals surface area contributed by atoms with E-state index in [1.165, 1.54) is 44.0 Å². The van der Waals surface area contributed by atoms with Gasteiger partial charge in [-0.3, -0.25) is 0 Å². The molecule has 218 valence electrons. The Morgan fingerprint density at radius 2 is 1.02 bits per heavy atom. The van der Waals surface area contributed by atoms with Crippen LogP contribution in [0.15, 0.2) is 164 Å². The van der Waals surface area contributed by atoms with Gasteiger partial charge in [-0.05, 0) is 75.0 Å². The molecule has 3 nitrogen and oxygen atoms in total. The van der Waals surface area contributed by atoms with Gasteiger partial charge in [-0.25, -0.2) is 9.97 Å². The van der Waals surface area contributed by atoms with Gasteiger partial charge in [0, 0.05) is 27.8 Å². The van der Waals surface area contributed by atoms with E-state index in [4.69, 9.17) is 9.97 Å².